The first-order valence-corrected chi connectivity index (χ1v) is 8.19. The lowest BCUT2D eigenvalue weighted by atomic mass is 9.93. The molecule has 134 valence electrons. The molecule has 0 radical (unpaired) electrons. The second kappa shape index (κ2) is 7.72. The minimum absolute atomic E-state index is 0.450. The smallest absolute Gasteiger partial charge is 0.417 e. The number of ether oxygens (including phenoxy) is 1. The van der Waals surface area contributed by atoms with Gasteiger partial charge in [-0.05, 0) is 43.9 Å². The van der Waals surface area contributed by atoms with Gasteiger partial charge in [-0.25, -0.2) is 4.79 Å². The van der Waals surface area contributed by atoms with Crippen LogP contribution in [0.25, 0.3) is 0 Å². The fourth-order valence-electron chi connectivity index (χ4n) is 2.54. The van der Waals surface area contributed by atoms with Gasteiger partial charge in [0.25, 0.3) is 0 Å². The predicted molar refractivity (Wildman–Crippen MR) is 90.3 cm³/mol. The third-order valence-corrected chi connectivity index (χ3v) is 4.32. The molecule has 0 aliphatic rings. The molecule has 0 fully saturated rings. The average Bonchev–Trinajstić information content (AvgIpc) is 2.60. The van der Waals surface area contributed by atoms with Gasteiger partial charge in [-0.1, -0.05) is 49.4 Å². The highest BCUT2D eigenvalue weighted by atomic mass is 19.4. The Kier molecular flexibility index (Phi) is 5.88. The number of halogens is 3. The molecule has 1 atom stereocenters. The van der Waals surface area contributed by atoms with Crippen LogP contribution in [0.1, 0.15) is 48.2 Å². The minimum Gasteiger partial charge on any atom is -0.456 e. The molecule has 0 bridgehead atoms. The van der Waals surface area contributed by atoms with E-state index < -0.39 is 28.9 Å². The predicted octanol–water partition coefficient (Wildman–Crippen LogP) is 5.66. The average molecular weight is 350 g/mol. The molecular weight excluding hydrogens is 329 g/mol. The van der Waals surface area contributed by atoms with Crippen LogP contribution in [0, 0.1) is 0 Å². The highest BCUT2D eigenvalue weighted by Gasteiger charge is 2.37. The third-order valence-electron chi connectivity index (χ3n) is 4.32. The van der Waals surface area contributed by atoms with Crippen molar-refractivity contribution in [1.82, 2.24) is 0 Å². The Labute approximate surface area is 145 Å². The van der Waals surface area contributed by atoms with Crippen molar-refractivity contribution in [1.29, 1.82) is 0 Å². The number of hydrogen-bond acceptors (Lipinski definition) is 2. The molecule has 2 aromatic rings. The van der Waals surface area contributed by atoms with E-state index in [1.54, 1.807) is 6.92 Å². The molecule has 0 aromatic heterocycles. The maximum atomic E-state index is 13.1. The lowest BCUT2D eigenvalue weighted by molar-refractivity contribution is -0.138. The van der Waals surface area contributed by atoms with Crippen molar-refractivity contribution >= 4 is 5.97 Å². The number of esters is 1. The highest BCUT2D eigenvalue weighted by Crippen LogP contribution is 2.33. The number of carbonyl (C=O) groups is 1. The fourth-order valence-corrected chi connectivity index (χ4v) is 2.54. The lowest BCUT2D eigenvalue weighted by Crippen LogP contribution is -2.32. The summed E-state index contributed by atoms with van der Waals surface area (Å²) in [4.78, 5) is 12.4. The van der Waals surface area contributed by atoms with Crippen molar-refractivity contribution in [3.63, 3.8) is 0 Å². The summed E-state index contributed by atoms with van der Waals surface area (Å²) in [6.07, 6.45) is -2.87. The zero-order valence-electron chi connectivity index (χ0n) is 14.3. The number of aryl methyl sites for hydroxylation is 1. The van der Waals surface area contributed by atoms with Crippen molar-refractivity contribution in [3.8, 4) is 0 Å². The first-order valence-electron chi connectivity index (χ1n) is 8.19. The molecule has 25 heavy (non-hydrogen) atoms. The van der Waals surface area contributed by atoms with Crippen molar-refractivity contribution in [2.24, 2.45) is 0 Å². The second-order valence-corrected chi connectivity index (χ2v) is 6.22. The summed E-state index contributed by atoms with van der Waals surface area (Å²) in [5.41, 5.74) is -1.16. The summed E-state index contributed by atoms with van der Waals surface area (Å²) >= 11 is 0. The number of hydrogen-bond donors (Lipinski definition) is 0. The van der Waals surface area contributed by atoms with Gasteiger partial charge < -0.3 is 4.74 Å². The van der Waals surface area contributed by atoms with E-state index in [9.17, 15) is 18.0 Å². The summed E-state index contributed by atoms with van der Waals surface area (Å²) in [6.45, 7) is 3.61. The topological polar surface area (TPSA) is 26.3 Å². The van der Waals surface area contributed by atoms with Crippen LogP contribution in [-0.4, -0.2) is 11.6 Å². The van der Waals surface area contributed by atoms with E-state index in [0.717, 1.165) is 17.7 Å². The molecule has 0 aliphatic carbocycles. The van der Waals surface area contributed by atoms with Crippen LogP contribution in [0.2, 0.25) is 0 Å². The van der Waals surface area contributed by atoms with Crippen LogP contribution in [-0.2, 0) is 17.3 Å². The zero-order chi connectivity index (χ0) is 18.5. The summed E-state index contributed by atoms with van der Waals surface area (Å²) in [6, 6.07) is 14.4. The van der Waals surface area contributed by atoms with Crippen LogP contribution in [0.15, 0.2) is 54.6 Å². The Morgan fingerprint density at radius 3 is 2.20 bits per heavy atom. The number of carbonyl (C=O) groups excluding carboxylic acids is 1. The molecule has 1 unspecified atom stereocenters. The van der Waals surface area contributed by atoms with Gasteiger partial charge in [-0.3, -0.25) is 0 Å². The molecule has 0 amide bonds. The Morgan fingerprint density at radius 2 is 1.60 bits per heavy atom. The molecule has 5 heteroatoms. The van der Waals surface area contributed by atoms with Crippen molar-refractivity contribution in [3.05, 3.63) is 71.3 Å². The van der Waals surface area contributed by atoms with Gasteiger partial charge in [0.1, 0.15) is 5.60 Å². The largest absolute Gasteiger partial charge is 0.456 e. The van der Waals surface area contributed by atoms with Crippen LogP contribution in [0.5, 0.6) is 0 Å². The number of benzene rings is 2. The maximum absolute atomic E-state index is 13.1. The Hall–Kier alpha value is -2.30. The van der Waals surface area contributed by atoms with Crippen LogP contribution < -0.4 is 0 Å². The van der Waals surface area contributed by atoms with E-state index in [1.165, 1.54) is 12.1 Å². The second-order valence-electron chi connectivity index (χ2n) is 6.22. The number of alkyl halides is 3. The lowest BCUT2D eigenvalue weighted by Gasteiger charge is -2.29. The Bertz CT molecular complexity index is 710. The van der Waals surface area contributed by atoms with Gasteiger partial charge in [-0.2, -0.15) is 13.2 Å². The number of rotatable bonds is 6. The van der Waals surface area contributed by atoms with Gasteiger partial charge in [0.05, 0.1) is 11.1 Å². The monoisotopic (exact) mass is 350 g/mol. The molecule has 2 rings (SSSR count). The van der Waals surface area contributed by atoms with E-state index >= 15 is 0 Å². The van der Waals surface area contributed by atoms with Gasteiger partial charge in [0.2, 0.25) is 0 Å². The summed E-state index contributed by atoms with van der Waals surface area (Å²) < 4.78 is 44.7. The van der Waals surface area contributed by atoms with Gasteiger partial charge in [0, 0.05) is 0 Å². The Morgan fingerprint density at radius 1 is 1.00 bits per heavy atom. The first-order chi connectivity index (χ1) is 11.7. The molecular formula is C20H21F3O2. The summed E-state index contributed by atoms with van der Waals surface area (Å²) in [7, 11) is 0. The molecule has 0 saturated heterocycles. The molecule has 0 spiro atoms. The van der Waals surface area contributed by atoms with Gasteiger partial charge in [-0.15, -0.1) is 0 Å². The van der Waals surface area contributed by atoms with E-state index in [4.69, 9.17) is 4.74 Å². The maximum Gasteiger partial charge on any atom is 0.417 e. The Balaban J connectivity index is 2.14. The minimum atomic E-state index is -4.59. The SMILES string of the molecule is CCC(C)(CCc1ccccc1)OC(=O)c1ccccc1C(F)(F)F. The molecule has 2 aromatic carbocycles. The van der Waals surface area contributed by atoms with E-state index in [-0.39, 0.29) is 0 Å². The van der Waals surface area contributed by atoms with E-state index in [0.29, 0.717) is 19.3 Å². The van der Waals surface area contributed by atoms with E-state index in [2.05, 4.69) is 0 Å². The fraction of sp³-hybridized carbons (Fsp3) is 0.350. The summed E-state index contributed by atoms with van der Waals surface area (Å²) in [5, 5.41) is 0. The third kappa shape index (κ3) is 5.08. The van der Waals surface area contributed by atoms with Crippen LogP contribution >= 0.6 is 0 Å². The van der Waals surface area contributed by atoms with E-state index in [1.807, 2.05) is 37.3 Å². The van der Waals surface area contributed by atoms with Crippen molar-refractivity contribution in [2.75, 3.05) is 0 Å². The van der Waals surface area contributed by atoms with Crippen LogP contribution in [0.3, 0.4) is 0 Å². The van der Waals surface area contributed by atoms with Gasteiger partial charge in [0.15, 0.2) is 0 Å². The van der Waals surface area contributed by atoms with Crippen LogP contribution in [0.4, 0.5) is 13.2 Å². The molecule has 0 N–H and O–H groups in total. The summed E-state index contributed by atoms with van der Waals surface area (Å²) in [5.74, 6) is -0.940. The molecule has 2 nitrogen and oxygen atoms in total. The van der Waals surface area contributed by atoms with Crippen molar-refractivity contribution < 1.29 is 22.7 Å². The molecule has 0 saturated carbocycles. The zero-order valence-corrected chi connectivity index (χ0v) is 14.3. The van der Waals surface area contributed by atoms with Gasteiger partial charge >= 0.3 is 12.1 Å². The molecule has 0 heterocycles. The highest BCUT2D eigenvalue weighted by molar-refractivity contribution is 5.91. The quantitative estimate of drug-likeness (QED) is 0.628. The first kappa shape index (κ1) is 19.0. The molecule has 0 aliphatic heterocycles. The van der Waals surface area contributed by atoms with Crippen molar-refractivity contribution in [2.45, 2.75) is 44.9 Å². The standard InChI is InChI=1S/C20H21F3O2/c1-3-19(2,14-13-15-9-5-4-6-10-15)25-18(24)16-11-7-8-12-17(16)20(21,22)23/h4-12H,3,13-14H2,1-2H3. The normalized spacial score (nSPS) is 14.0.